The number of pyridine rings is 1. The van der Waals surface area contributed by atoms with Crippen LogP contribution in [-0.4, -0.2) is 18.1 Å². The lowest BCUT2D eigenvalue weighted by Gasteiger charge is -2.12. The Kier molecular flexibility index (Phi) is 4.40. The van der Waals surface area contributed by atoms with Crippen LogP contribution in [0.1, 0.15) is 18.0 Å². The first kappa shape index (κ1) is 12.3. The van der Waals surface area contributed by atoms with Crippen molar-refractivity contribution in [3.63, 3.8) is 0 Å². The van der Waals surface area contributed by atoms with Gasteiger partial charge in [-0.3, -0.25) is 4.79 Å². The first-order chi connectivity index (χ1) is 7.06. The zero-order chi connectivity index (χ0) is 11.4. The van der Waals surface area contributed by atoms with Gasteiger partial charge in [-0.25, -0.2) is 4.98 Å². The molecule has 1 heterocycles. The number of rotatable bonds is 3. The predicted octanol–water partition coefficient (Wildman–Crippen LogP) is 1.39. The van der Waals surface area contributed by atoms with Gasteiger partial charge in [0.05, 0.1) is 13.5 Å². The largest absolute Gasteiger partial charge is 0.469 e. The third kappa shape index (κ3) is 3.10. The normalized spacial score (nSPS) is 12.3. The summed E-state index contributed by atoms with van der Waals surface area (Å²) in [6.45, 7) is 0. The topological polar surface area (TPSA) is 65.2 Å². The molecule has 1 aromatic heterocycles. The summed E-state index contributed by atoms with van der Waals surface area (Å²) in [5.41, 5.74) is 5.94. The molecule has 1 rings (SSSR count). The minimum absolute atomic E-state index is 0.0604. The van der Waals surface area contributed by atoms with Gasteiger partial charge in [-0.1, -0.05) is 0 Å². The van der Waals surface area contributed by atoms with E-state index >= 15 is 0 Å². The fourth-order valence-corrected chi connectivity index (χ4v) is 1.90. The zero-order valence-electron chi connectivity index (χ0n) is 8.04. The van der Waals surface area contributed by atoms with E-state index < -0.39 is 18.0 Å². The molecular weight excluding hydrogens is 314 g/mol. The van der Waals surface area contributed by atoms with Gasteiger partial charge in [0.1, 0.15) is 0 Å². The van der Waals surface area contributed by atoms with Gasteiger partial charge in [0.2, 0.25) is 5.95 Å². The van der Waals surface area contributed by atoms with E-state index in [0.29, 0.717) is 3.57 Å². The summed E-state index contributed by atoms with van der Waals surface area (Å²) in [6.07, 6.45) is 1.29. The quantitative estimate of drug-likeness (QED) is 0.518. The summed E-state index contributed by atoms with van der Waals surface area (Å²) in [5, 5.41) is 0. The highest BCUT2D eigenvalue weighted by atomic mass is 127. The highest BCUT2D eigenvalue weighted by molar-refractivity contribution is 14.1. The lowest BCUT2D eigenvalue weighted by molar-refractivity contribution is -0.141. The summed E-state index contributed by atoms with van der Waals surface area (Å²) < 4.78 is 18.4. The molecule has 0 saturated carbocycles. The standard InChI is InChI=1S/C9H10FIN2O2/c1-15-7(14)4-6(12)8-5(11)2-3-13-9(8)10/h2-3,6H,4,12H2,1H3/t6-/m1/s1. The van der Waals surface area contributed by atoms with Gasteiger partial charge in [-0.15, -0.1) is 0 Å². The first-order valence-electron chi connectivity index (χ1n) is 4.18. The number of hydrogen-bond donors (Lipinski definition) is 1. The van der Waals surface area contributed by atoms with Crippen molar-refractivity contribution in [1.29, 1.82) is 0 Å². The maximum Gasteiger partial charge on any atom is 0.307 e. The average molecular weight is 324 g/mol. The van der Waals surface area contributed by atoms with Crippen molar-refractivity contribution in [3.8, 4) is 0 Å². The molecule has 0 aliphatic carbocycles. The highest BCUT2D eigenvalue weighted by Gasteiger charge is 2.19. The molecule has 0 aliphatic rings. The maximum atomic E-state index is 13.3. The van der Waals surface area contributed by atoms with E-state index in [1.807, 2.05) is 22.6 Å². The number of hydrogen-bond acceptors (Lipinski definition) is 4. The Labute approximate surface area is 100 Å². The minimum Gasteiger partial charge on any atom is -0.469 e. The number of carbonyl (C=O) groups excluding carboxylic acids is 1. The fraction of sp³-hybridized carbons (Fsp3) is 0.333. The molecule has 0 saturated heterocycles. The number of esters is 1. The Morgan fingerprint density at radius 1 is 1.80 bits per heavy atom. The minimum atomic E-state index is -0.724. The summed E-state index contributed by atoms with van der Waals surface area (Å²) >= 11 is 1.95. The van der Waals surface area contributed by atoms with Gasteiger partial charge >= 0.3 is 5.97 Å². The van der Waals surface area contributed by atoms with Gasteiger partial charge in [0.15, 0.2) is 0 Å². The maximum absolute atomic E-state index is 13.3. The second-order valence-corrected chi connectivity index (χ2v) is 4.05. The summed E-state index contributed by atoms with van der Waals surface area (Å²) in [7, 11) is 1.26. The van der Waals surface area contributed by atoms with Crippen LogP contribution in [-0.2, 0) is 9.53 Å². The Balaban J connectivity index is 2.90. The molecule has 0 radical (unpaired) electrons. The number of nitrogens with zero attached hydrogens (tertiary/aromatic N) is 1. The van der Waals surface area contributed by atoms with Crippen molar-refractivity contribution >= 4 is 28.6 Å². The van der Waals surface area contributed by atoms with E-state index in [0.717, 1.165) is 0 Å². The molecule has 0 aliphatic heterocycles. The Bertz CT molecular complexity index is 353. The first-order valence-corrected chi connectivity index (χ1v) is 5.26. The molecule has 0 unspecified atom stereocenters. The van der Waals surface area contributed by atoms with E-state index in [1.54, 1.807) is 6.07 Å². The Morgan fingerprint density at radius 3 is 3.00 bits per heavy atom. The summed E-state index contributed by atoms with van der Waals surface area (Å²) in [4.78, 5) is 14.5. The van der Waals surface area contributed by atoms with Crippen LogP contribution in [0, 0.1) is 9.52 Å². The number of carbonyl (C=O) groups is 1. The molecule has 1 aromatic rings. The van der Waals surface area contributed by atoms with Crippen molar-refractivity contribution in [2.24, 2.45) is 5.73 Å². The number of methoxy groups -OCH3 is 1. The van der Waals surface area contributed by atoms with Crippen LogP contribution in [0.5, 0.6) is 0 Å². The van der Waals surface area contributed by atoms with Crippen LogP contribution in [0.2, 0.25) is 0 Å². The van der Waals surface area contributed by atoms with Crippen molar-refractivity contribution in [2.75, 3.05) is 7.11 Å². The molecule has 82 valence electrons. The van der Waals surface area contributed by atoms with Crippen LogP contribution in [0.15, 0.2) is 12.3 Å². The van der Waals surface area contributed by atoms with E-state index in [2.05, 4.69) is 9.72 Å². The van der Waals surface area contributed by atoms with Crippen LogP contribution >= 0.6 is 22.6 Å². The van der Waals surface area contributed by atoms with E-state index in [1.165, 1.54) is 13.3 Å². The lowest BCUT2D eigenvalue weighted by Crippen LogP contribution is -2.19. The van der Waals surface area contributed by atoms with Gasteiger partial charge in [-0.2, -0.15) is 4.39 Å². The van der Waals surface area contributed by atoms with Crippen molar-refractivity contribution in [3.05, 3.63) is 27.3 Å². The smallest absolute Gasteiger partial charge is 0.307 e. The number of nitrogens with two attached hydrogens (primary N) is 1. The number of ether oxygens (including phenoxy) is 1. The fourth-order valence-electron chi connectivity index (χ4n) is 1.12. The van der Waals surface area contributed by atoms with Crippen LogP contribution in [0.3, 0.4) is 0 Å². The third-order valence-electron chi connectivity index (χ3n) is 1.87. The predicted molar refractivity (Wildman–Crippen MR) is 60.5 cm³/mol. The number of aromatic nitrogens is 1. The second-order valence-electron chi connectivity index (χ2n) is 2.88. The molecular formula is C9H10FIN2O2. The monoisotopic (exact) mass is 324 g/mol. The van der Waals surface area contributed by atoms with Gasteiger partial charge in [-0.05, 0) is 28.7 Å². The number of halogens is 2. The van der Waals surface area contributed by atoms with Crippen LogP contribution in [0.25, 0.3) is 0 Å². The molecule has 0 fully saturated rings. The SMILES string of the molecule is COC(=O)C[C@@H](N)c1c(I)ccnc1F. The van der Waals surface area contributed by atoms with Gasteiger partial charge in [0, 0.05) is 21.4 Å². The van der Waals surface area contributed by atoms with Crippen molar-refractivity contribution in [1.82, 2.24) is 4.98 Å². The van der Waals surface area contributed by atoms with Crippen molar-refractivity contribution in [2.45, 2.75) is 12.5 Å². The van der Waals surface area contributed by atoms with E-state index in [9.17, 15) is 9.18 Å². The molecule has 0 amide bonds. The average Bonchev–Trinajstić information content (AvgIpc) is 2.17. The summed E-state index contributed by atoms with van der Waals surface area (Å²) in [6, 6.07) is 0.911. The molecule has 0 spiro atoms. The highest BCUT2D eigenvalue weighted by Crippen LogP contribution is 2.22. The second kappa shape index (κ2) is 5.36. The molecule has 4 nitrogen and oxygen atoms in total. The lowest BCUT2D eigenvalue weighted by atomic mass is 10.1. The molecule has 6 heteroatoms. The van der Waals surface area contributed by atoms with Gasteiger partial charge < -0.3 is 10.5 Å². The molecule has 2 N–H and O–H groups in total. The Morgan fingerprint density at radius 2 is 2.47 bits per heavy atom. The summed E-state index contributed by atoms with van der Waals surface area (Å²) in [5.74, 6) is -1.11. The van der Waals surface area contributed by atoms with E-state index in [4.69, 9.17) is 5.73 Å². The molecule has 15 heavy (non-hydrogen) atoms. The molecule has 0 bridgehead atoms. The van der Waals surface area contributed by atoms with Crippen LogP contribution < -0.4 is 5.73 Å². The van der Waals surface area contributed by atoms with E-state index in [-0.39, 0.29) is 12.0 Å². The zero-order valence-corrected chi connectivity index (χ0v) is 10.2. The van der Waals surface area contributed by atoms with Crippen LogP contribution in [0.4, 0.5) is 4.39 Å². The third-order valence-corrected chi connectivity index (χ3v) is 2.81. The van der Waals surface area contributed by atoms with Crippen molar-refractivity contribution < 1.29 is 13.9 Å². The molecule has 0 aromatic carbocycles. The Hall–Kier alpha value is -0.760. The van der Waals surface area contributed by atoms with Gasteiger partial charge in [0.25, 0.3) is 0 Å². The molecule has 1 atom stereocenters.